The molecule has 2 amide bonds. The Labute approximate surface area is 123 Å². The Morgan fingerprint density at radius 3 is 2.43 bits per heavy atom. The van der Waals surface area contributed by atoms with E-state index in [4.69, 9.17) is 5.11 Å². The Morgan fingerprint density at radius 2 is 1.90 bits per heavy atom. The smallest absolute Gasteiger partial charge is 0.328 e. The molecule has 0 aromatic heterocycles. The molecule has 0 bridgehead atoms. The number of hydrogen-bond acceptors (Lipinski definition) is 4. The predicted octanol–water partition coefficient (Wildman–Crippen LogP) is 1.96. The fourth-order valence-corrected chi connectivity index (χ4v) is 2.05. The number of amides is 2. The van der Waals surface area contributed by atoms with E-state index in [1.54, 1.807) is 0 Å². The summed E-state index contributed by atoms with van der Waals surface area (Å²) in [5, 5.41) is 22.4. The third-order valence-electron chi connectivity index (χ3n) is 2.39. The average Bonchev–Trinajstić information content (AvgIpc) is 2.37. The minimum atomic E-state index is -2.65. The zero-order valence-electron chi connectivity index (χ0n) is 10.9. The van der Waals surface area contributed by atoms with Gasteiger partial charge in [-0.25, -0.2) is 9.59 Å². The first-order valence-corrected chi connectivity index (χ1v) is 6.71. The molecular formula is C12H14F2N2O4S. The highest BCUT2D eigenvalue weighted by Gasteiger charge is 2.25. The number of carboxylic acids is 1. The van der Waals surface area contributed by atoms with Crippen LogP contribution in [0.25, 0.3) is 0 Å². The molecule has 1 aromatic carbocycles. The van der Waals surface area contributed by atoms with Crippen molar-refractivity contribution >= 4 is 29.4 Å². The molecule has 6 nitrogen and oxygen atoms in total. The molecule has 0 fully saturated rings. The van der Waals surface area contributed by atoms with E-state index in [1.165, 1.54) is 31.2 Å². The minimum absolute atomic E-state index is 0.120. The molecule has 1 rings (SSSR count). The van der Waals surface area contributed by atoms with Gasteiger partial charge in [-0.05, 0) is 19.1 Å². The molecule has 0 aliphatic rings. The molecule has 2 atom stereocenters. The van der Waals surface area contributed by atoms with Gasteiger partial charge in [0.25, 0.3) is 5.76 Å². The number of carbonyl (C=O) groups excluding carboxylic acids is 1. The van der Waals surface area contributed by atoms with Crippen LogP contribution in [0.1, 0.15) is 6.92 Å². The molecule has 0 spiro atoms. The molecule has 0 heterocycles. The van der Waals surface area contributed by atoms with Gasteiger partial charge in [-0.1, -0.05) is 23.9 Å². The van der Waals surface area contributed by atoms with E-state index in [0.29, 0.717) is 0 Å². The molecule has 116 valence electrons. The maximum absolute atomic E-state index is 12.4. The molecule has 9 heteroatoms. The fraction of sp³-hybridized carbons (Fsp3) is 0.333. The summed E-state index contributed by atoms with van der Waals surface area (Å²) in [5.74, 6) is -4.06. The Hall–Kier alpha value is -1.87. The highest BCUT2D eigenvalue weighted by atomic mass is 32.2. The Balaban J connectivity index is 2.77. The number of nitrogens with one attached hydrogen (secondary N) is 2. The van der Waals surface area contributed by atoms with Gasteiger partial charge in [0.2, 0.25) is 0 Å². The molecule has 2 unspecified atom stereocenters. The van der Waals surface area contributed by atoms with Crippen molar-refractivity contribution < 1.29 is 28.6 Å². The van der Waals surface area contributed by atoms with E-state index in [9.17, 15) is 23.5 Å². The lowest BCUT2D eigenvalue weighted by molar-refractivity contribution is -0.141. The van der Waals surface area contributed by atoms with Gasteiger partial charge in [0.15, 0.2) is 6.04 Å². The number of aliphatic carboxylic acids is 1. The van der Waals surface area contributed by atoms with Gasteiger partial charge >= 0.3 is 12.0 Å². The predicted molar refractivity (Wildman–Crippen MR) is 73.6 cm³/mol. The van der Waals surface area contributed by atoms with Crippen LogP contribution in [0.2, 0.25) is 0 Å². The molecule has 1 aromatic rings. The van der Waals surface area contributed by atoms with Crippen molar-refractivity contribution in [2.45, 2.75) is 29.7 Å². The summed E-state index contributed by atoms with van der Waals surface area (Å²) in [4.78, 5) is 22.7. The number of carbonyl (C=O) groups is 2. The summed E-state index contributed by atoms with van der Waals surface area (Å²) in [6.45, 7) is 1.21. The van der Waals surface area contributed by atoms with E-state index in [-0.39, 0.29) is 22.3 Å². The Kier molecular flexibility index (Phi) is 6.38. The van der Waals surface area contributed by atoms with Crippen molar-refractivity contribution in [3.63, 3.8) is 0 Å². The Morgan fingerprint density at radius 1 is 1.29 bits per heavy atom. The topological polar surface area (TPSA) is 98.7 Å². The van der Waals surface area contributed by atoms with Gasteiger partial charge in [-0.3, -0.25) is 0 Å². The summed E-state index contributed by atoms with van der Waals surface area (Å²) >= 11 is 0.257. The number of halogens is 2. The third kappa shape index (κ3) is 5.56. The number of thioether (sulfide) groups is 1. The number of urea groups is 1. The highest BCUT2D eigenvalue weighted by Crippen LogP contribution is 2.31. The minimum Gasteiger partial charge on any atom is -0.480 e. The molecule has 4 N–H and O–H groups in total. The van der Waals surface area contributed by atoms with Crippen molar-refractivity contribution in [2.75, 3.05) is 5.32 Å². The molecule has 0 saturated heterocycles. The van der Waals surface area contributed by atoms with Crippen LogP contribution < -0.4 is 10.6 Å². The zero-order valence-corrected chi connectivity index (χ0v) is 11.7. The molecule has 0 saturated carbocycles. The molecule has 0 aliphatic heterocycles. The van der Waals surface area contributed by atoms with Crippen molar-refractivity contribution in [3.8, 4) is 0 Å². The van der Waals surface area contributed by atoms with Crippen molar-refractivity contribution in [2.24, 2.45) is 0 Å². The second-order valence-electron chi connectivity index (χ2n) is 4.03. The van der Waals surface area contributed by atoms with E-state index < -0.39 is 29.9 Å². The van der Waals surface area contributed by atoms with Crippen LogP contribution in [-0.2, 0) is 4.79 Å². The number of alkyl halides is 2. The monoisotopic (exact) mass is 320 g/mol. The normalized spacial score (nSPS) is 13.6. The maximum atomic E-state index is 12.4. The fourth-order valence-electron chi connectivity index (χ4n) is 1.46. The first-order valence-electron chi connectivity index (χ1n) is 5.83. The lowest BCUT2D eigenvalue weighted by Crippen LogP contribution is -2.49. The van der Waals surface area contributed by atoms with Crippen LogP contribution in [-0.4, -0.2) is 40.1 Å². The lowest BCUT2D eigenvalue weighted by atomic mass is 10.2. The van der Waals surface area contributed by atoms with Gasteiger partial charge < -0.3 is 20.8 Å². The highest BCUT2D eigenvalue weighted by molar-refractivity contribution is 7.99. The number of carboxylic acid groups (broad SMARTS) is 1. The SMILES string of the molecule is CC(O)C(NC(=O)Nc1ccccc1SC(F)F)C(=O)O. The summed E-state index contributed by atoms with van der Waals surface area (Å²) in [6.07, 6.45) is -1.31. The van der Waals surface area contributed by atoms with Crippen molar-refractivity contribution in [1.29, 1.82) is 0 Å². The third-order valence-corrected chi connectivity index (χ3v) is 3.17. The summed E-state index contributed by atoms with van der Waals surface area (Å²) < 4.78 is 24.8. The van der Waals surface area contributed by atoms with Crippen LogP contribution >= 0.6 is 11.8 Å². The van der Waals surface area contributed by atoms with Crippen molar-refractivity contribution in [1.82, 2.24) is 5.32 Å². The van der Waals surface area contributed by atoms with Crippen LogP contribution in [0.5, 0.6) is 0 Å². The Bertz CT molecular complexity index is 514. The number of para-hydroxylation sites is 1. The number of hydrogen-bond donors (Lipinski definition) is 4. The van der Waals surface area contributed by atoms with Gasteiger partial charge in [0, 0.05) is 4.90 Å². The summed E-state index contributed by atoms with van der Waals surface area (Å²) in [5.41, 5.74) is 0.120. The lowest BCUT2D eigenvalue weighted by Gasteiger charge is -2.18. The van der Waals surface area contributed by atoms with Crippen LogP contribution in [0, 0.1) is 0 Å². The number of benzene rings is 1. The molecule has 21 heavy (non-hydrogen) atoms. The van der Waals surface area contributed by atoms with E-state index in [0.717, 1.165) is 0 Å². The maximum Gasteiger partial charge on any atom is 0.328 e. The van der Waals surface area contributed by atoms with Crippen LogP contribution in [0.15, 0.2) is 29.2 Å². The van der Waals surface area contributed by atoms with E-state index in [1.807, 2.05) is 5.32 Å². The standard InChI is InChI=1S/C12H14F2N2O4S/c1-6(17)9(10(18)19)16-12(20)15-7-4-2-3-5-8(7)21-11(13)14/h2-6,9,11,17H,1H3,(H,18,19)(H2,15,16,20). The average molecular weight is 320 g/mol. The van der Waals surface area contributed by atoms with Gasteiger partial charge in [-0.2, -0.15) is 8.78 Å². The van der Waals surface area contributed by atoms with E-state index in [2.05, 4.69) is 5.32 Å². The second-order valence-corrected chi connectivity index (χ2v) is 5.06. The molecular weight excluding hydrogens is 306 g/mol. The summed E-state index contributed by atoms with van der Waals surface area (Å²) in [7, 11) is 0. The second kappa shape index (κ2) is 7.79. The number of anilines is 1. The quantitative estimate of drug-likeness (QED) is 0.601. The van der Waals surface area contributed by atoms with Crippen molar-refractivity contribution in [3.05, 3.63) is 24.3 Å². The zero-order chi connectivity index (χ0) is 16.0. The number of aliphatic hydroxyl groups is 1. The van der Waals surface area contributed by atoms with Crippen LogP contribution in [0.4, 0.5) is 19.3 Å². The first-order chi connectivity index (χ1) is 9.81. The van der Waals surface area contributed by atoms with Crippen LogP contribution in [0.3, 0.4) is 0 Å². The van der Waals surface area contributed by atoms with Gasteiger partial charge in [0.05, 0.1) is 11.8 Å². The largest absolute Gasteiger partial charge is 0.480 e. The first kappa shape index (κ1) is 17.2. The summed E-state index contributed by atoms with van der Waals surface area (Å²) in [6, 6.07) is 3.46. The molecule has 0 aliphatic carbocycles. The molecule has 0 radical (unpaired) electrons. The van der Waals surface area contributed by atoms with E-state index >= 15 is 0 Å². The number of aliphatic hydroxyl groups excluding tert-OH is 1. The van der Waals surface area contributed by atoms with Gasteiger partial charge in [0.1, 0.15) is 0 Å². The van der Waals surface area contributed by atoms with Gasteiger partial charge in [-0.15, -0.1) is 0 Å². The number of rotatable bonds is 6.